The van der Waals surface area contributed by atoms with Gasteiger partial charge in [0.15, 0.2) is 0 Å². The van der Waals surface area contributed by atoms with Gasteiger partial charge < -0.3 is 9.47 Å². The highest BCUT2D eigenvalue weighted by molar-refractivity contribution is 5.69. The largest absolute Gasteiger partial charge is 0.466 e. The Kier molecular flexibility index (Phi) is 12.0. The summed E-state index contributed by atoms with van der Waals surface area (Å²) in [5, 5.41) is 0. The molecular weight excluding hydrogens is 352 g/mol. The van der Waals surface area contributed by atoms with E-state index in [9.17, 15) is 9.59 Å². The molecule has 0 N–H and O–H groups in total. The van der Waals surface area contributed by atoms with E-state index in [4.69, 9.17) is 9.47 Å². The van der Waals surface area contributed by atoms with Gasteiger partial charge in [0.25, 0.3) is 0 Å². The van der Waals surface area contributed by atoms with Crippen molar-refractivity contribution in [3.8, 4) is 0 Å². The molecule has 0 aliphatic carbocycles. The minimum atomic E-state index is -0.108. The van der Waals surface area contributed by atoms with E-state index in [0.717, 1.165) is 25.7 Å². The van der Waals surface area contributed by atoms with Crippen LogP contribution in [0.15, 0.2) is 0 Å². The fourth-order valence-electron chi connectivity index (χ4n) is 3.86. The number of hydrogen-bond donors (Lipinski definition) is 0. The van der Waals surface area contributed by atoms with E-state index in [1.54, 1.807) is 0 Å². The van der Waals surface area contributed by atoms with Gasteiger partial charge in [-0.15, -0.1) is 0 Å². The molecule has 0 saturated carbocycles. The van der Waals surface area contributed by atoms with Crippen LogP contribution in [0.2, 0.25) is 0 Å². The van der Waals surface area contributed by atoms with Gasteiger partial charge in [0.1, 0.15) is 0 Å². The fraction of sp³-hybridized carbons (Fsp3) is 0.917. The summed E-state index contributed by atoms with van der Waals surface area (Å²) in [5.74, 6) is 0.737. The number of rotatable bonds is 12. The highest BCUT2D eigenvalue weighted by Gasteiger charge is 2.20. The predicted molar refractivity (Wildman–Crippen MR) is 116 cm³/mol. The second kappa shape index (κ2) is 12.5. The molecule has 0 spiro atoms. The summed E-state index contributed by atoms with van der Waals surface area (Å²) >= 11 is 0. The van der Waals surface area contributed by atoms with Crippen LogP contribution in [0.25, 0.3) is 0 Å². The number of carbonyl (C=O) groups excluding carboxylic acids is 2. The Morgan fingerprint density at radius 3 is 1.57 bits per heavy atom. The summed E-state index contributed by atoms with van der Waals surface area (Å²) in [6.45, 7) is 20.3. The van der Waals surface area contributed by atoms with Crippen molar-refractivity contribution < 1.29 is 19.1 Å². The van der Waals surface area contributed by atoms with Gasteiger partial charge in [-0.2, -0.15) is 0 Å². The van der Waals surface area contributed by atoms with Gasteiger partial charge in [-0.25, -0.2) is 0 Å². The molecule has 28 heavy (non-hydrogen) atoms. The summed E-state index contributed by atoms with van der Waals surface area (Å²) in [7, 11) is 0. The van der Waals surface area contributed by atoms with Gasteiger partial charge in [-0.05, 0) is 54.3 Å². The normalized spacial score (nSPS) is 15.6. The summed E-state index contributed by atoms with van der Waals surface area (Å²) in [6, 6.07) is 0. The molecule has 0 aliphatic heterocycles. The SMILES string of the molecule is CC(CCCOC(=O)CC(C)CC(C)(C)C)COC(=O)CC(C)CC(C)(C)C. The van der Waals surface area contributed by atoms with Gasteiger partial charge in [0, 0.05) is 12.8 Å². The zero-order valence-electron chi connectivity index (χ0n) is 20.0. The first-order valence-electron chi connectivity index (χ1n) is 11.0. The molecule has 0 aromatic carbocycles. The van der Waals surface area contributed by atoms with E-state index in [-0.39, 0.29) is 28.7 Å². The molecule has 4 heteroatoms. The maximum Gasteiger partial charge on any atom is 0.306 e. The molecule has 0 aliphatic rings. The Hall–Kier alpha value is -1.06. The molecule has 0 bridgehead atoms. The monoisotopic (exact) mass is 398 g/mol. The van der Waals surface area contributed by atoms with Gasteiger partial charge in [0.05, 0.1) is 13.2 Å². The van der Waals surface area contributed by atoms with Crippen LogP contribution >= 0.6 is 0 Å². The Morgan fingerprint density at radius 2 is 1.14 bits per heavy atom. The lowest BCUT2D eigenvalue weighted by atomic mass is 9.84. The molecular formula is C24H46O4. The lowest BCUT2D eigenvalue weighted by molar-refractivity contribution is -0.146. The third kappa shape index (κ3) is 17.1. The third-order valence-electron chi connectivity index (χ3n) is 4.59. The van der Waals surface area contributed by atoms with Crippen molar-refractivity contribution in [1.82, 2.24) is 0 Å². The highest BCUT2D eigenvalue weighted by atomic mass is 16.5. The van der Waals surface area contributed by atoms with Crippen LogP contribution in [0, 0.1) is 28.6 Å². The van der Waals surface area contributed by atoms with Crippen LogP contribution in [0.5, 0.6) is 0 Å². The minimum absolute atomic E-state index is 0.108. The van der Waals surface area contributed by atoms with Crippen molar-refractivity contribution in [3.63, 3.8) is 0 Å². The van der Waals surface area contributed by atoms with Crippen LogP contribution in [-0.4, -0.2) is 25.2 Å². The lowest BCUT2D eigenvalue weighted by Crippen LogP contribution is -2.18. The van der Waals surface area contributed by atoms with E-state index in [1.165, 1.54) is 0 Å². The Morgan fingerprint density at radius 1 is 0.714 bits per heavy atom. The minimum Gasteiger partial charge on any atom is -0.466 e. The standard InChI is InChI=1S/C24H46O4/c1-18(17-28-22(26)14-20(3)16-24(7,8)9)11-10-12-27-21(25)13-19(2)15-23(4,5)6/h18-20H,10-17H2,1-9H3. The van der Waals surface area contributed by atoms with Crippen molar-refractivity contribution in [2.75, 3.05) is 13.2 Å². The summed E-state index contributed by atoms with van der Waals surface area (Å²) in [4.78, 5) is 23.9. The summed E-state index contributed by atoms with van der Waals surface area (Å²) < 4.78 is 10.8. The molecule has 0 fully saturated rings. The fourth-order valence-corrected chi connectivity index (χ4v) is 3.86. The lowest BCUT2D eigenvalue weighted by Gasteiger charge is -2.23. The van der Waals surface area contributed by atoms with Crippen molar-refractivity contribution in [2.45, 2.75) is 101 Å². The molecule has 4 nitrogen and oxygen atoms in total. The first kappa shape index (κ1) is 26.9. The van der Waals surface area contributed by atoms with Gasteiger partial charge in [-0.1, -0.05) is 62.3 Å². The van der Waals surface area contributed by atoms with Crippen molar-refractivity contribution >= 4 is 11.9 Å². The van der Waals surface area contributed by atoms with Crippen molar-refractivity contribution in [1.29, 1.82) is 0 Å². The van der Waals surface area contributed by atoms with Crippen LogP contribution in [0.1, 0.15) is 101 Å². The molecule has 3 atom stereocenters. The molecule has 0 amide bonds. The van der Waals surface area contributed by atoms with Crippen LogP contribution in [0.3, 0.4) is 0 Å². The summed E-state index contributed by atoms with van der Waals surface area (Å²) in [6.07, 6.45) is 4.68. The Balaban J connectivity index is 3.86. The zero-order chi connectivity index (χ0) is 22.0. The van der Waals surface area contributed by atoms with Gasteiger partial charge in [0.2, 0.25) is 0 Å². The number of ether oxygens (including phenoxy) is 2. The van der Waals surface area contributed by atoms with Crippen LogP contribution in [-0.2, 0) is 19.1 Å². The van der Waals surface area contributed by atoms with Crippen LogP contribution in [0.4, 0.5) is 0 Å². The smallest absolute Gasteiger partial charge is 0.306 e. The molecule has 0 rings (SSSR count). The number of hydrogen-bond acceptors (Lipinski definition) is 4. The molecule has 166 valence electrons. The molecule has 0 radical (unpaired) electrons. The highest BCUT2D eigenvalue weighted by Crippen LogP contribution is 2.27. The second-order valence-electron chi connectivity index (χ2n) is 11.3. The molecule has 0 aromatic rings. The Labute approximate surface area is 174 Å². The van der Waals surface area contributed by atoms with E-state index < -0.39 is 0 Å². The maximum absolute atomic E-state index is 12.0. The predicted octanol–water partition coefficient (Wildman–Crippen LogP) is 6.41. The van der Waals surface area contributed by atoms with Gasteiger partial charge in [-0.3, -0.25) is 9.59 Å². The van der Waals surface area contributed by atoms with Crippen molar-refractivity contribution in [2.24, 2.45) is 28.6 Å². The molecule has 0 saturated heterocycles. The molecule has 3 unspecified atom stereocenters. The van der Waals surface area contributed by atoms with E-state index in [1.807, 2.05) is 0 Å². The summed E-state index contributed by atoms with van der Waals surface area (Å²) in [5.41, 5.74) is 0.464. The molecule has 0 aromatic heterocycles. The Bertz CT molecular complexity index is 456. The second-order valence-corrected chi connectivity index (χ2v) is 11.3. The first-order chi connectivity index (χ1) is 12.7. The van der Waals surface area contributed by atoms with Gasteiger partial charge >= 0.3 is 11.9 Å². The zero-order valence-corrected chi connectivity index (χ0v) is 20.0. The first-order valence-corrected chi connectivity index (χ1v) is 11.0. The molecule has 0 heterocycles. The third-order valence-corrected chi connectivity index (χ3v) is 4.59. The number of carbonyl (C=O) groups is 2. The number of esters is 2. The van der Waals surface area contributed by atoms with Crippen LogP contribution < -0.4 is 0 Å². The van der Waals surface area contributed by atoms with E-state index in [0.29, 0.717) is 37.9 Å². The average molecular weight is 399 g/mol. The van der Waals surface area contributed by atoms with Crippen molar-refractivity contribution in [3.05, 3.63) is 0 Å². The van der Waals surface area contributed by atoms with E-state index in [2.05, 4.69) is 62.3 Å². The quantitative estimate of drug-likeness (QED) is 0.281. The average Bonchev–Trinajstić information content (AvgIpc) is 2.45. The van der Waals surface area contributed by atoms with E-state index >= 15 is 0 Å². The topological polar surface area (TPSA) is 52.6 Å². The maximum atomic E-state index is 12.0.